The lowest BCUT2D eigenvalue weighted by Gasteiger charge is -2.39. The monoisotopic (exact) mass is 268 g/mol. The average Bonchev–Trinajstić information content (AvgIpc) is 1.99. The van der Waals surface area contributed by atoms with E-state index in [0.29, 0.717) is 0 Å². The number of hydrogen-bond donors (Lipinski definition) is 1. The molecule has 0 heterocycles. The summed E-state index contributed by atoms with van der Waals surface area (Å²) in [5.74, 6) is 0. The zero-order valence-electron chi connectivity index (χ0n) is 10.4. The molecule has 0 aliphatic carbocycles. The maximum atomic E-state index is 10.3. The Kier molecular flexibility index (Phi) is 5.47. The van der Waals surface area contributed by atoms with E-state index in [-0.39, 0.29) is 0 Å². The summed E-state index contributed by atoms with van der Waals surface area (Å²) in [5.41, 5.74) is 0. The van der Waals surface area contributed by atoms with Crippen LogP contribution in [0.2, 0.25) is 39.3 Å². The van der Waals surface area contributed by atoms with Crippen molar-refractivity contribution < 1.29 is 13.3 Å². The van der Waals surface area contributed by atoms with Crippen molar-refractivity contribution in [2.24, 2.45) is 0 Å². The predicted octanol–water partition coefficient (Wildman–Crippen LogP) is 0.916. The van der Waals surface area contributed by atoms with Crippen LogP contribution in [0.4, 0.5) is 0 Å². The fourth-order valence-electron chi connectivity index (χ4n) is 1.45. The Hall–Kier alpha value is 0.748. The molecule has 2 atom stereocenters. The van der Waals surface area contributed by atoms with E-state index in [4.69, 9.17) is 8.54 Å². The molecular weight excluding hydrogens is 244 g/mol. The molecule has 3 nitrogen and oxygen atoms in total. The minimum atomic E-state index is -2.17. The SMILES string of the molecule is CO[Si](C)([SiH](C)O[SiH](C)C)[Si](C)(C)O. The Morgan fingerprint density at radius 2 is 1.50 bits per heavy atom. The van der Waals surface area contributed by atoms with Gasteiger partial charge < -0.3 is 13.3 Å². The van der Waals surface area contributed by atoms with E-state index in [2.05, 4.69) is 26.2 Å². The smallest absolute Gasteiger partial charge is 0.221 e. The van der Waals surface area contributed by atoms with E-state index in [0.717, 1.165) is 0 Å². The van der Waals surface area contributed by atoms with Gasteiger partial charge in [0.25, 0.3) is 0 Å². The molecule has 0 aliphatic rings. The van der Waals surface area contributed by atoms with Crippen LogP contribution in [0, 0.1) is 0 Å². The van der Waals surface area contributed by atoms with Crippen LogP contribution in [-0.2, 0) is 8.54 Å². The van der Waals surface area contributed by atoms with E-state index >= 15 is 0 Å². The van der Waals surface area contributed by atoms with Crippen LogP contribution < -0.4 is 0 Å². The highest BCUT2D eigenvalue weighted by Crippen LogP contribution is 2.21. The summed E-state index contributed by atoms with van der Waals surface area (Å²) in [6, 6.07) is 0. The Labute approximate surface area is 92.7 Å². The van der Waals surface area contributed by atoms with Gasteiger partial charge in [0.05, 0.1) is 0 Å². The van der Waals surface area contributed by atoms with Crippen LogP contribution in [0.1, 0.15) is 0 Å². The minimum Gasteiger partial charge on any atom is -0.461 e. The van der Waals surface area contributed by atoms with Crippen molar-refractivity contribution in [1.82, 2.24) is 0 Å². The van der Waals surface area contributed by atoms with E-state index in [1.807, 2.05) is 13.1 Å². The van der Waals surface area contributed by atoms with Gasteiger partial charge in [-0.2, -0.15) is 0 Å². The summed E-state index contributed by atoms with van der Waals surface area (Å²) in [6.07, 6.45) is 0. The molecule has 7 heteroatoms. The summed E-state index contributed by atoms with van der Waals surface area (Å²) in [4.78, 5) is 10.3. The van der Waals surface area contributed by atoms with Crippen LogP contribution in [0.5, 0.6) is 0 Å². The van der Waals surface area contributed by atoms with Crippen LogP contribution >= 0.6 is 0 Å². The maximum absolute atomic E-state index is 10.3. The Morgan fingerprint density at radius 3 is 1.71 bits per heavy atom. The van der Waals surface area contributed by atoms with Gasteiger partial charge in [-0.15, -0.1) is 0 Å². The molecule has 0 aliphatic heterocycles. The van der Waals surface area contributed by atoms with Gasteiger partial charge in [0.2, 0.25) is 7.35 Å². The highest BCUT2D eigenvalue weighted by atomic mass is 29.6. The molecule has 0 rings (SSSR count). The average molecular weight is 269 g/mol. The standard InChI is InChI=1S/C7H24O3Si4/c1-9-14(7,13(5,6)8)12(4)10-11(2)3/h8,11-12H,1-7H3. The van der Waals surface area contributed by atoms with Crippen molar-refractivity contribution in [3.63, 3.8) is 0 Å². The summed E-state index contributed by atoms with van der Waals surface area (Å²) in [6.45, 7) is 12.7. The van der Waals surface area contributed by atoms with Gasteiger partial charge in [0, 0.05) is 7.11 Å². The third-order valence-electron chi connectivity index (χ3n) is 2.89. The molecule has 0 spiro atoms. The number of hydrogen-bond acceptors (Lipinski definition) is 3. The van der Waals surface area contributed by atoms with Crippen molar-refractivity contribution >= 4 is 32.8 Å². The summed E-state index contributed by atoms with van der Waals surface area (Å²) in [7, 11) is -4.68. The van der Waals surface area contributed by atoms with Crippen molar-refractivity contribution in [1.29, 1.82) is 0 Å². The topological polar surface area (TPSA) is 38.7 Å². The molecule has 0 aromatic rings. The van der Waals surface area contributed by atoms with Crippen LogP contribution in [0.3, 0.4) is 0 Å². The van der Waals surface area contributed by atoms with Gasteiger partial charge in [0.15, 0.2) is 25.4 Å². The van der Waals surface area contributed by atoms with E-state index < -0.39 is 32.8 Å². The molecule has 0 saturated heterocycles. The Bertz CT molecular complexity index is 182. The quantitative estimate of drug-likeness (QED) is 0.754. The van der Waals surface area contributed by atoms with Crippen LogP contribution in [-0.4, -0.2) is 44.7 Å². The molecule has 0 radical (unpaired) electrons. The summed E-state index contributed by atoms with van der Waals surface area (Å²) in [5, 5.41) is 0. The van der Waals surface area contributed by atoms with Crippen LogP contribution in [0.25, 0.3) is 0 Å². The molecule has 0 amide bonds. The summed E-state index contributed by atoms with van der Waals surface area (Å²) >= 11 is 0. The first-order chi connectivity index (χ1) is 6.15. The first-order valence-electron chi connectivity index (χ1n) is 5.08. The van der Waals surface area contributed by atoms with Gasteiger partial charge >= 0.3 is 0 Å². The van der Waals surface area contributed by atoms with Gasteiger partial charge in [0.1, 0.15) is 0 Å². The molecule has 14 heavy (non-hydrogen) atoms. The first-order valence-corrected chi connectivity index (χ1v) is 17.6. The highest BCUT2D eigenvalue weighted by Gasteiger charge is 2.52. The van der Waals surface area contributed by atoms with Gasteiger partial charge in [-0.3, -0.25) is 0 Å². The Balaban J connectivity index is 4.68. The maximum Gasteiger partial charge on any atom is 0.221 e. The van der Waals surface area contributed by atoms with Gasteiger partial charge in [-0.05, 0) is 39.3 Å². The largest absolute Gasteiger partial charge is 0.461 e. The third kappa shape index (κ3) is 3.40. The van der Waals surface area contributed by atoms with Gasteiger partial charge in [-0.25, -0.2) is 0 Å². The van der Waals surface area contributed by atoms with E-state index in [1.54, 1.807) is 7.11 Å². The van der Waals surface area contributed by atoms with E-state index in [9.17, 15) is 4.80 Å². The molecule has 2 unspecified atom stereocenters. The first kappa shape index (κ1) is 14.7. The summed E-state index contributed by atoms with van der Waals surface area (Å²) < 4.78 is 11.7. The van der Waals surface area contributed by atoms with Crippen molar-refractivity contribution in [2.75, 3.05) is 7.11 Å². The molecular formula is C7H24O3Si4. The molecule has 0 saturated carbocycles. The fourth-order valence-corrected chi connectivity index (χ4v) is 28.6. The third-order valence-corrected chi connectivity index (χ3v) is 36.0. The second kappa shape index (κ2) is 5.19. The number of rotatable bonds is 5. The highest BCUT2D eigenvalue weighted by molar-refractivity contribution is 7.59. The lowest BCUT2D eigenvalue weighted by atomic mass is 11.8. The second-order valence-electron chi connectivity index (χ2n) is 4.70. The second-order valence-corrected chi connectivity index (χ2v) is 29.0. The lowest BCUT2D eigenvalue weighted by molar-refractivity contribution is 0.411. The normalized spacial score (nSPS) is 19.5. The Morgan fingerprint density at radius 1 is 1.07 bits per heavy atom. The molecule has 0 aromatic heterocycles. The zero-order valence-corrected chi connectivity index (χ0v) is 14.7. The molecule has 0 fully saturated rings. The molecule has 1 N–H and O–H groups in total. The van der Waals surface area contributed by atoms with E-state index in [1.165, 1.54) is 0 Å². The fraction of sp³-hybridized carbons (Fsp3) is 1.00. The molecule has 86 valence electrons. The lowest BCUT2D eigenvalue weighted by Crippen LogP contribution is -2.69. The molecule has 0 aromatic carbocycles. The minimum absolute atomic E-state index is 0.986. The van der Waals surface area contributed by atoms with Crippen LogP contribution in [0.15, 0.2) is 0 Å². The van der Waals surface area contributed by atoms with Crippen molar-refractivity contribution in [3.05, 3.63) is 0 Å². The van der Waals surface area contributed by atoms with Crippen molar-refractivity contribution in [3.8, 4) is 0 Å². The van der Waals surface area contributed by atoms with Gasteiger partial charge in [-0.1, -0.05) is 0 Å². The van der Waals surface area contributed by atoms with Crippen molar-refractivity contribution in [2.45, 2.75) is 39.3 Å². The zero-order chi connectivity index (χ0) is 11.6. The molecule has 0 bridgehead atoms. The predicted molar refractivity (Wildman–Crippen MR) is 71.3 cm³/mol.